The summed E-state index contributed by atoms with van der Waals surface area (Å²) in [5.41, 5.74) is 0.879. The molecule has 1 rings (SSSR count). The fourth-order valence-corrected chi connectivity index (χ4v) is 2.02. The van der Waals surface area contributed by atoms with Crippen LogP contribution in [0.1, 0.15) is 18.9 Å². The van der Waals surface area contributed by atoms with Crippen molar-refractivity contribution in [3.05, 3.63) is 36.4 Å². The zero-order valence-electron chi connectivity index (χ0n) is 8.64. The van der Waals surface area contributed by atoms with Crippen LogP contribution in [-0.4, -0.2) is 15.0 Å². The number of benzene rings is 1. The van der Waals surface area contributed by atoms with E-state index in [2.05, 4.69) is 6.58 Å². The van der Waals surface area contributed by atoms with Gasteiger partial charge in [-0.25, -0.2) is 0 Å². The molecule has 0 spiro atoms. The maximum atomic E-state index is 11.5. The minimum atomic E-state index is -3.58. The summed E-state index contributed by atoms with van der Waals surface area (Å²) in [4.78, 5) is 0.182. The van der Waals surface area contributed by atoms with E-state index in [1.165, 1.54) is 12.1 Å². The quantitative estimate of drug-likeness (QED) is 0.724. The molecular weight excluding hydrogens is 212 g/mol. The van der Waals surface area contributed by atoms with Crippen molar-refractivity contribution in [2.75, 3.05) is 6.61 Å². The molecule has 0 amide bonds. The molecule has 0 saturated heterocycles. The molecule has 0 aliphatic heterocycles. The number of rotatable bonds is 5. The van der Waals surface area contributed by atoms with Gasteiger partial charge in [-0.3, -0.25) is 4.18 Å². The van der Waals surface area contributed by atoms with Crippen molar-refractivity contribution >= 4 is 16.2 Å². The summed E-state index contributed by atoms with van der Waals surface area (Å²) in [6, 6.07) is 6.41. The Hall–Kier alpha value is -1.13. The Morgan fingerprint density at radius 3 is 2.40 bits per heavy atom. The van der Waals surface area contributed by atoms with Crippen LogP contribution in [0.25, 0.3) is 6.08 Å². The van der Waals surface area contributed by atoms with Crippen LogP contribution in [0, 0.1) is 0 Å². The Balaban J connectivity index is 2.90. The third-order valence-corrected chi connectivity index (χ3v) is 3.17. The molecule has 15 heavy (non-hydrogen) atoms. The predicted octanol–water partition coefficient (Wildman–Crippen LogP) is 2.44. The molecule has 1 aromatic rings. The van der Waals surface area contributed by atoms with Crippen molar-refractivity contribution < 1.29 is 12.6 Å². The van der Waals surface area contributed by atoms with E-state index in [1.807, 2.05) is 6.92 Å². The van der Waals surface area contributed by atoms with Crippen LogP contribution < -0.4 is 0 Å². The van der Waals surface area contributed by atoms with Crippen LogP contribution in [0.3, 0.4) is 0 Å². The van der Waals surface area contributed by atoms with E-state index in [-0.39, 0.29) is 11.5 Å². The minimum absolute atomic E-state index is 0.182. The molecule has 0 bridgehead atoms. The number of hydrogen-bond acceptors (Lipinski definition) is 3. The van der Waals surface area contributed by atoms with Crippen LogP contribution >= 0.6 is 0 Å². The Morgan fingerprint density at radius 2 is 1.93 bits per heavy atom. The van der Waals surface area contributed by atoms with Gasteiger partial charge in [-0.2, -0.15) is 8.42 Å². The lowest BCUT2D eigenvalue weighted by Crippen LogP contribution is -2.06. The van der Waals surface area contributed by atoms with Gasteiger partial charge in [0.25, 0.3) is 10.1 Å². The lowest BCUT2D eigenvalue weighted by atomic mass is 10.2. The summed E-state index contributed by atoms with van der Waals surface area (Å²) >= 11 is 0. The summed E-state index contributed by atoms with van der Waals surface area (Å²) in [6.07, 6.45) is 2.33. The lowest BCUT2D eigenvalue weighted by molar-refractivity contribution is 0.318. The van der Waals surface area contributed by atoms with Crippen molar-refractivity contribution in [3.63, 3.8) is 0 Å². The molecular formula is C11H14O3S. The Morgan fingerprint density at radius 1 is 1.33 bits per heavy atom. The van der Waals surface area contributed by atoms with Crippen LogP contribution in [0.2, 0.25) is 0 Å². The summed E-state index contributed by atoms with van der Waals surface area (Å²) < 4.78 is 27.9. The molecule has 1 aromatic carbocycles. The van der Waals surface area contributed by atoms with Crippen LogP contribution in [0.4, 0.5) is 0 Å². The minimum Gasteiger partial charge on any atom is -0.266 e. The second-order valence-electron chi connectivity index (χ2n) is 3.05. The van der Waals surface area contributed by atoms with E-state index in [9.17, 15) is 8.42 Å². The van der Waals surface area contributed by atoms with Crippen molar-refractivity contribution in [1.29, 1.82) is 0 Å². The maximum Gasteiger partial charge on any atom is 0.296 e. The molecule has 0 unspecified atom stereocenters. The molecule has 0 heterocycles. The van der Waals surface area contributed by atoms with Gasteiger partial charge in [0.05, 0.1) is 11.5 Å². The summed E-state index contributed by atoms with van der Waals surface area (Å²) in [7, 11) is -3.58. The highest BCUT2D eigenvalue weighted by atomic mass is 32.2. The maximum absolute atomic E-state index is 11.5. The van der Waals surface area contributed by atoms with E-state index >= 15 is 0 Å². The van der Waals surface area contributed by atoms with Crippen LogP contribution in [0.5, 0.6) is 0 Å². The molecule has 3 nitrogen and oxygen atoms in total. The van der Waals surface area contributed by atoms with Gasteiger partial charge in [-0.1, -0.05) is 31.7 Å². The van der Waals surface area contributed by atoms with E-state index in [1.54, 1.807) is 18.2 Å². The lowest BCUT2D eigenvalue weighted by Gasteiger charge is -2.04. The van der Waals surface area contributed by atoms with Gasteiger partial charge >= 0.3 is 0 Å². The fraction of sp³-hybridized carbons (Fsp3) is 0.273. The van der Waals surface area contributed by atoms with Gasteiger partial charge in [0.15, 0.2) is 0 Å². The van der Waals surface area contributed by atoms with E-state index in [4.69, 9.17) is 4.18 Å². The molecule has 0 aliphatic carbocycles. The Bertz CT molecular complexity index is 418. The fourth-order valence-electron chi connectivity index (χ4n) is 1.03. The van der Waals surface area contributed by atoms with Gasteiger partial charge in [-0.05, 0) is 24.1 Å². The average Bonchev–Trinajstić information content (AvgIpc) is 2.26. The normalized spacial score (nSPS) is 11.3. The molecule has 0 aromatic heterocycles. The molecule has 0 N–H and O–H groups in total. The van der Waals surface area contributed by atoms with E-state index in [0.29, 0.717) is 6.42 Å². The molecule has 4 heteroatoms. The molecule has 0 saturated carbocycles. The molecule has 0 atom stereocenters. The Labute approximate surface area is 90.5 Å². The molecule has 82 valence electrons. The first-order valence-electron chi connectivity index (χ1n) is 4.72. The highest BCUT2D eigenvalue weighted by molar-refractivity contribution is 7.86. The second-order valence-corrected chi connectivity index (χ2v) is 4.66. The highest BCUT2D eigenvalue weighted by Crippen LogP contribution is 2.14. The van der Waals surface area contributed by atoms with Crippen LogP contribution in [-0.2, 0) is 14.3 Å². The van der Waals surface area contributed by atoms with Crippen molar-refractivity contribution in [2.45, 2.75) is 18.2 Å². The summed E-state index contributed by atoms with van der Waals surface area (Å²) in [5, 5.41) is 0. The first-order valence-corrected chi connectivity index (χ1v) is 6.13. The number of hydrogen-bond donors (Lipinski definition) is 0. The van der Waals surface area contributed by atoms with Crippen molar-refractivity contribution in [2.24, 2.45) is 0 Å². The standard InChI is InChI=1S/C11H14O3S/c1-3-9-14-15(12,13)11-7-5-10(4-2)6-8-11/h4-8H,2-3,9H2,1H3. The van der Waals surface area contributed by atoms with Gasteiger partial charge in [0, 0.05) is 0 Å². The van der Waals surface area contributed by atoms with E-state index < -0.39 is 10.1 Å². The van der Waals surface area contributed by atoms with Gasteiger partial charge in [-0.15, -0.1) is 0 Å². The predicted molar refractivity (Wildman–Crippen MR) is 60.0 cm³/mol. The first kappa shape index (κ1) is 11.9. The summed E-state index contributed by atoms with van der Waals surface area (Å²) in [5.74, 6) is 0. The monoisotopic (exact) mass is 226 g/mol. The largest absolute Gasteiger partial charge is 0.296 e. The van der Waals surface area contributed by atoms with Gasteiger partial charge in [0.1, 0.15) is 0 Å². The molecule has 0 fully saturated rings. The third-order valence-electron chi connectivity index (χ3n) is 1.85. The second kappa shape index (κ2) is 5.09. The zero-order chi connectivity index (χ0) is 11.3. The van der Waals surface area contributed by atoms with Crippen molar-refractivity contribution in [1.82, 2.24) is 0 Å². The average molecular weight is 226 g/mol. The Kier molecular flexibility index (Phi) is 4.05. The topological polar surface area (TPSA) is 43.4 Å². The third kappa shape index (κ3) is 3.18. The van der Waals surface area contributed by atoms with Gasteiger partial charge in [0.2, 0.25) is 0 Å². The first-order chi connectivity index (χ1) is 7.10. The zero-order valence-corrected chi connectivity index (χ0v) is 9.46. The molecule has 0 radical (unpaired) electrons. The molecule has 0 aliphatic rings. The smallest absolute Gasteiger partial charge is 0.266 e. The van der Waals surface area contributed by atoms with Crippen molar-refractivity contribution in [3.8, 4) is 0 Å². The highest BCUT2D eigenvalue weighted by Gasteiger charge is 2.13. The van der Waals surface area contributed by atoms with Crippen LogP contribution in [0.15, 0.2) is 35.7 Å². The van der Waals surface area contributed by atoms with Gasteiger partial charge < -0.3 is 0 Å². The SMILES string of the molecule is C=Cc1ccc(S(=O)(=O)OCCC)cc1. The summed E-state index contributed by atoms with van der Waals surface area (Å²) in [6.45, 7) is 5.66. The van der Waals surface area contributed by atoms with E-state index in [0.717, 1.165) is 5.56 Å².